The number of allylic oxidation sites excluding steroid dienone is 1. The van der Waals surface area contributed by atoms with Gasteiger partial charge in [-0.2, -0.15) is 4.68 Å². The van der Waals surface area contributed by atoms with Crippen molar-refractivity contribution < 1.29 is 14.8 Å². The van der Waals surface area contributed by atoms with Gasteiger partial charge in [-0.1, -0.05) is 17.2 Å². The molecule has 1 aromatic carbocycles. The zero-order valence-corrected chi connectivity index (χ0v) is 10.4. The average Bonchev–Trinajstić information content (AvgIpc) is 2.94. The van der Waals surface area contributed by atoms with Crippen molar-refractivity contribution in [2.45, 2.75) is 6.04 Å². The number of nitrogens with one attached hydrogen (secondary N) is 1. The minimum atomic E-state index is -1.20. The highest BCUT2D eigenvalue weighted by Gasteiger charge is 2.30. The van der Waals surface area contributed by atoms with E-state index in [1.54, 1.807) is 6.07 Å². The summed E-state index contributed by atoms with van der Waals surface area (Å²) in [6.45, 7) is 0. The molecule has 0 amide bonds. The molecule has 2 heterocycles. The van der Waals surface area contributed by atoms with E-state index < -0.39 is 16.9 Å². The minimum Gasteiger partial charge on any atom is -0.477 e. The molecule has 1 atom stereocenters. The maximum atomic E-state index is 11.1. The molecule has 1 aliphatic rings. The van der Waals surface area contributed by atoms with Crippen LogP contribution in [-0.2, 0) is 4.79 Å². The lowest BCUT2D eigenvalue weighted by molar-refractivity contribution is -0.385. The fraction of sp³-hybridized carbons (Fsp3) is 0.0909. The quantitative estimate of drug-likeness (QED) is 0.617. The van der Waals surface area contributed by atoms with Gasteiger partial charge in [-0.15, -0.1) is 0 Å². The molecule has 0 fully saturated rings. The summed E-state index contributed by atoms with van der Waals surface area (Å²) in [6, 6.07) is 5.27. The molecule has 0 saturated carbocycles. The Morgan fingerprint density at radius 2 is 2.19 bits per heavy atom. The van der Waals surface area contributed by atoms with Gasteiger partial charge in [-0.05, 0) is 22.6 Å². The van der Waals surface area contributed by atoms with Crippen LogP contribution >= 0.6 is 0 Å². The Hall–Kier alpha value is -3.30. The highest BCUT2D eigenvalue weighted by Crippen LogP contribution is 2.32. The van der Waals surface area contributed by atoms with E-state index in [-0.39, 0.29) is 17.3 Å². The first-order valence-corrected chi connectivity index (χ1v) is 5.81. The first kappa shape index (κ1) is 12.7. The summed E-state index contributed by atoms with van der Waals surface area (Å²) < 4.78 is 1.29. The van der Waals surface area contributed by atoms with E-state index in [1.165, 1.54) is 29.0 Å². The van der Waals surface area contributed by atoms with E-state index in [1.807, 2.05) is 0 Å². The van der Waals surface area contributed by atoms with Gasteiger partial charge >= 0.3 is 5.97 Å². The van der Waals surface area contributed by atoms with Crippen LogP contribution < -0.4 is 5.32 Å². The van der Waals surface area contributed by atoms with E-state index in [9.17, 15) is 14.9 Å². The lowest BCUT2D eigenvalue weighted by Gasteiger charge is -2.21. The summed E-state index contributed by atoms with van der Waals surface area (Å²) >= 11 is 0. The van der Waals surface area contributed by atoms with Crippen LogP contribution in [0.4, 0.5) is 11.6 Å². The molecule has 1 aliphatic heterocycles. The number of aromatic nitrogens is 4. The smallest absolute Gasteiger partial charge is 0.352 e. The molecule has 1 aromatic heterocycles. The van der Waals surface area contributed by atoms with Crippen molar-refractivity contribution >= 4 is 17.6 Å². The lowest BCUT2D eigenvalue weighted by Crippen LogP contribution is -2.24. The standard InChI is InChI=1S/C11H8N6O4/c18-10(19)7-5-9(16-11(12-7)13-14-15-16)6-3-1-2-4-8(6)17(20)21/h1-5,9H,(H,18,19)(H,12,13,15). The number of hydrogen-bond donors (Lipinski definition) is 2. The Bertz CT molecular complexity index is 768. The van der Waals surface area contributed by atoms with Crippen LogP contribution in [0.2, 0.25) is 0 Å². The van der Waals surface area contributed by atoms with E-state index in [0.717, 1.165) is 0 Å². The highest BCUT2D eigenvalue weighted by molar-refractivity contribution is 5.90. The minimum absolute atomic E-state index is 0.109. The third kappa shape index (κ3) is 2.08. The number of nitro benzene ring substituents is 1. The summed E-state index contributed by atoms with van der Waals surface area (Å²) in [5, 5.41) is 33.6. The third-order valence-electron chi connectivity index (χ3n) is 3.01. The van der Waals surface area contributed by atoms with E-state index >= 15 is 0 Å². The molecule has 0 spiro atoms. The van der Waals surface area contributed by atoms with Crippen molar-refractivity contribution in [1.29, 1.82) is 0 Å². The van der Waals surface area contributed by atoms with E-state index in [0.29, 0.717) is 5.56 Å². The average molecular weight is 288 g/mol. The van der Waals surface area contributed by atoms with Gasteiger partial charge in [0.2, 0.25) is 5.95 Å². The third-order valence-corrected chi connectivity index (χ3v) is 3.01. The predicted molar refractivity (Wildman–Crippen MR) is 68.4 cm³/mol. The predicted octanol–water partition coefficient (Wildman–Crippen LogP) is 0.565. The van der Waals surface area contributed by atoms with Gasteiger partial charge in [0.15, 0.2) is 0 Å². The zero-order chi connectivity index (χ0) is 15.0. The number of fused-ring (bicyclic) bond motifs is 1. The maximum absolute atomic E-state index is 11.1. The Labute approximate surface area is 116 Å². The van der Waals surface area contributed by atoms with Crippen LogP contribution in [-0.4, -0.2) is 36.2 Å². The topological polar surface area (TPSA) is 136 Å². The molecule has 1 unspecified atom stereocenters. The molecule has 2 N–H and O–H groups in total. The number of nitro groups is 1. The second-order valence-electron chi connectivity index (χ2n) is 4.22. The van der Waals surface area contributed by atoms with Gasteiger partial charge in [0.1, 0.15) is 11.7 Å². The second kappa shape index (κ2) is 4.67. The number of aliphatic carboxylic acids is 1. The van der Waals surface area contributed by atoms with Crippen molar-refractivity contribution in [2.75, 3.05) is 5.32 Å². The maximum Gasteiger partial charge on any atom is 0.352 e. The van der Waals surface area contributed by atoms with Crippen molar-refractivity contribution in [3.8, 4) is 0 Å². The monoisotopic (exact) mass is 288 g/mol. The number of carboxylic acid groups (broad SMARTS) is 1. The number of benzene rings is 1. The van der Waals surface area contributed by atoms with Gasteiger partial charge in [-0.3, -0.25) is 10.1 Å². The molecule has 0 radical (unpaired) electrons. The molecule has 10 heteroatoms. The Morgan fingerprint density at radius 3 is 2.90 bits per heavy atom. The Balaban J connectivity index is 2.18. The van der Waals surface area contributed by atoms with Gasteiger partial charge in [0.05, 0.1) is 10.5 Å². The Morgan fingerprint density at radius 1 is 1.43 bits per heavy atom. The number of tetrazole rings is 1. The number of carboxylic acids is 1. The largest absolute Gasteiger partial charge is 0.477 e. The molecular formula is C11H8N6O4. The molecule has 0 bridgehead atoms. The van der Waals surface area contributed by atoms with Gasteiger partial charge < -0.3 is 10.4 Å². The number of nitrogens with zero attached hydrogens (tertiary/aromatic N) is 5. The van der Waals surface area contributed by atoms with E-state index in [4.69, 9.17) is 5.11 Å². The van der Waals surface area contributed by atoms with Crippen molar-refractivity contribution in [1.82, 2.24) is 20.2 Å². The van der Waals surface area contributed by atoms with Crippen LogP contribution in [0.3, 0.4) is 0 Å². The number of para-hydroxylation sites is 1. The van der Waals surface area contributed by atoms with Gasteiger partial charge in [0.25, 0.3) is 5.69 Å². The van der Waals surface area contributed by atoms with Gasteiger partial charge in [0, 0.05) is 6.07 Å². The molecule has 2 aromatic rings. The van der Waals surface area contributed by atoms with Crippen molar-refractivity contribution in [3.63, 3.8) is 0 Å². The van der Waals surface area contributed by atoms with Crippen molar-refractivity contribution in [2.24, 2.45) is 0 Å². The number of carbonyl (C=O) groups is 1. The second-order valence-corrected chi connectivity index (χ2v) is 4.22. The number of rotatable bonds is 3. The van der Waals surface area contributed by atoms with Crippen molar-refractivity contribution in [3.05, 3.63) is 51.7 Å². The first-order valence-electron chi connectivity index (χ1n) is 5.81. The highest BCUT2D eigenvalue weighted by atomic mass is 16.6. The number of hydrogen-bond acceptors (Lipinski definition) is 7. The molecule has 3 rings (SSSR count). The molecule has 21 heavy (non-hydrogen) atoms. The molecular weight excluding hydrogens is 280 g/mol. The normalized spacial score (nSPS) is 16.6. The first-order chi connectivity index (χ1) is 10.1. The van der Waals surface area contributed by atoms with Crippen LogP contribution in [0.15, 0.2) is 36.0 Å². The van der Waals surface area contributed by atoms with Crippen LogP contribution in [0.5, 0.6) is 0 Å². The summed E-state index contributed by atoms with van der Waals surface area (Å²) in [5.41, 5.74) is 0.0311. The summed E-state index contributed by atoms with van der Waals surface area (Å²) in [5.74, 6) is -1.09. The molecule has 0 saturated heterocycles. The zero-order valence-electron chi connectivity index (χ0n) is 10.4. The van der Waals surface area contributed by atoms with E-state index in [2.05, 4.69) is 20.8 Å². The van der Waals surface area contributed by atoms with Crippen LogP contribution in [0.1, 0.15) is 11.6 Å². The summed E-state index contributed by atoms with van der Waals surface area (Å²) in [6.07, 6.45) is 1.33. The van der Waals surface area contributed by atoms with Crippen LogP contribution in [0, 0.1) is 10.1 Å². The SMILES string of the molecule is O=C(O)C1=CC(c2ccccc2[N+](=O)[O-])n2nnnc2N1. The number of anilines is 1. The molecule has 10 nitrogen and oxygen atoms in total. The summed E-state index contributed by atoms with van der Waals surface area (Å²) in [7, 11) is 0. The Kier molecular flexibility index (Phi) is 2.83. The fourth-order valence-electron chi connectivity index (χ4n) is 2.10. The lowest BCUT2D eigenvalue weighted by atomic mass is 10.0. The fourth-order valence-corrected chi connectivity index (χ4v) is 2.10. The van der Waals surface area contributed by atoms with Gasteiger partial charge in [-0.25, -0.2) is 4.79 Å². The molecule has 106 valence electrons. The molecule has 0 aliphatic carbocycles. The summed E-state index contributed by atoms with van der Waals surface area (Å²) in [4.78, 5) is 21.7. The van der Waals surface area contributed by atoms with Crippen LogP contribution in [0.25, 0.3) is 0 Å².